The maximum atomic E-state index is 13.7. The van der Waals surface area contributed by atoms with Crippen molar-refractivity contribution in [3.05, 3.63) is 46.7 Å². The van der Waals surface area contributed by atoms with Crippen LogP contribution in [0.25, 0.3) is 11.1 Å². The summed E-state index contributed by atoms with van der Waals surface area (Å²) in [5, 5.41) is 2.81. The molecule has 6 heteroatoms. The van der Waals surface area contributed by atoms with Gasteiger partial charge in [-0.1, -0.05) is 6.07 Å². The average Bonchev–Trinajstić information content (AvgIpc) is 2.75. The van der Waals surface area contributed by atoms with Gasteiger partial charge in [0.1, 0.15) is 11.3 Å². The van der Waals surface area contributed by atoms with Crippen LogP contribution in [0.1, 0.15) is 0 Å². The molecule has 1 aromatic heterocycles. The maximum absolute atomic E-state index is 13.7. The number of nitrogen functional groups attached to an aromatic ring is 1. The Morgan fingerprint density at radius 1 is 1.26 bits per heavy atom. The Morgan fingerprint density at radius 2 is 2.11 bits per heavy atom. The van der Waals surface area contributed by atoms with E-state index in [0.29, 0.717) is 21.3 Å². The van der Waals surface area contributed by atoms with Crippen LogP contribution in [0.4, 0.5) is 21.8 Å². The highest BCUT2D eigenvalue weighted by molar-refractivity contribution is 9.10. The second kappa shape index (κ2) is 4.55. The van der Waals surface area contributed by atoms with Crippen LogP contribution in [-0.4, -0.2) is 4.98 Å². The van der Waals surface area contributed by atoms with E-state index >= 15 is 0 Å². The highest BCUT2D eigenvalue weighted by atomic mass is 79.9. The molecular weight excluding hydrogens is 313 g/mol. The van der Waals surface area contributed by atoms with Crippen molar-refractivity contribution in [1.82, 2.24) is 4.98 Å². The first-order valence-electron chi connectivity index (χ1n) is 5.50. The van der Waals surface area contributed by atoms with Gasteiger partial charge in [0.05, 0.1) is 5.69 Å². The fourth-order valence-corrected chi connectivity index (χ4v) is 2.16. The van der Waals surface area contributed by atoms with Gasteiger partial charge in [-0.2, -0.15) is 4.98 Å². The van der Waals surface area contributed by atoms with Crippen molar-refractivity contribution < 1.29 is 8.81 Å². The van der Waals surface area contributed by atoms with Crippen LogP contribution in [-0.2, 0) is 0 Å². The number of nitrogens with zero attached hydrogens (tertiary/aromatic N) is 1. The van der Waals surface area contributed by atoms with E-state index in [0.717, 1.165) is 0 Å². The van der Waals surface area contributed by atoms with Crippen molar-refractivity contribution in [1.29, 1.82) is 0 Å². The lowest BCUT2D eigenvalue weighted by molar-refractivity contribution is 0.611. The van der Waals surface area contributed by atoms with Crippen LogP contribution < -0.4 is 11.1 Å². The molecule has 0 amide bonds. The molecule has 0 aliphatic rings. The number of nitrogens with two attached hydrogens (primary N) is 1. The molecule has 4 nitrogen and oxygen atoms in total. The van der Waals surface area contributed by atoms with Gasteiger partial charge in [0.15, 0.2) is 5.58 Å². The molecule has 19 heavy (non-hydrogen) atoms. The number of hydrogen-bond donors (Lipinski definition) is 2. The van der Waals surface area contributed by atoms with Crippen LogP contribution in [0.15, 0.2) is 45.3 Å². The normalized spacial score (nSPS) is 10.8. The van der Waals surface area contributed by atoms with Crippen molar-refractivity contribution in [2.45, 2.75) is 0 Å². The number of para-hydroxylation sites is 1. The van der Waals surface area contributed by atoms with Crippen molar-refractivity contribution in [2.24, 2.45) is 0 Å². The summed E-state index contributed by atoms with van der Waals surface area (Å²) in [4.78, 5) is 4.21. The van der Waals surface area contributed by atoms with E-state index in [4.69, 9.17) is 10.2 Å². The van der Waals surface area contributed by atoms with E-state index < -0.39 is 5.82 Å². The molecule has 2 aromatic carbocycles. The molecule has 0 spiro atoms. The molecule has 1 heterocycles. The zero-order chi connectivity index (χ0) is 13.4. The standard InChI is InChI=1S/C13H9BrFN3O/c14-8-2-1-3-9(15)12(8)18-13-17-10-5-4-7(16)6-11(10)19-13/h1-6H,16H2,(H,17,18). The van der Waals surface area contributed by atoms with Crippen molar-refractivity contribution in [3.63, 3.8) is 0 Å². The molecule has 3 rings (SSSR count). The molecule has 0 atom stereocenters. The highest BCUT2D eigenvalue weighted by Gasteiger charge is 2.11. The minimum atomic E-state index is -0.392. The number of hydrogen-bond acceptors (Lipinski definition) is 4. The predicted octanol–water partition coefficient (Wildman–Crippen LogP) is 4.06. The molecule has 0 unspecified atom stereocenters. The predicted molar refractivity (Wildman–Crippen MR) is 75.8 cm³/mol. The number of rotatable bonds is 2. The van der Waals surface area contributed by atoms with Crippen molar-refractivity contribution in [3.8, 4) is 0 Å². The second-order valence-electron chi connectivity index (χ2n) is 3.97. The summed E-state index contributed by atoms with van der Waals surface area (Å²) >= 11 is 3.27. The minimum Gasteiger partial charge on any atom is -0.423 e. The fourth-order valence-electron chi connectivity index (χ4n) is 1.72. The summed E-state index contributed by atoms with van der Waals surface area (Å²) < 4.78 is 19.7. The number of benzene rings is 2. The van der Waals surface area contributed by atoms with Gasteiger partial charge in [-0.25, -0.2) is 4.39 Å². The van der Waals surface area contributed by atoms with Crippen LogP contribution in [0.2, 0.25) is 0 Å². The summed E-state index contributed by atoms with van der Waals surface area (Å²) in [7, 11) is 0. The molecule has 3 N–H and O–H groups in total. The van der Waals surface area contributed by atoms with Gasteiger partial charge < -0.3 is 15.5 Å². The molecule has 0 saturated heterocycles. The van der Waals surface area contributed by atoms with E-state index in [1.54, 1.807) is 30.3 Å². The largest absolute Gasteiger partial charge is 0.423 e. The van der Waals surface area contributed by atoms with E-state index in [1.807, 2.05) is 0 Å². The Morgan fingerprint density at radius 3 is 2.89 bits per heavy atom. The Labute approximate surface area is 116 Å². The maximum Gasteiger partial charge on any atom is 0.300 e. The van der Waals surface area contributed by atoms with Gasteiger partial charge in [-0.15, -0.1) is 0 Å². The number of aromatic nitrogens is 1. The van der Waals surface area contributed by atoms with Crippen LogP contribution in [0, 0.1) is 5.82 Å². The lowest BCUT2D eigenvalue weighted by atomic mass is 10.3. The van der Waals surface area contributed by atoms with Crippen LogP contribution >= 0.6 is 15.9 Å². The van der Waals surface area contributed by atoms with Crippen LogP contribution in [0.5, 0.6) is 0 Å². The van der Waals surface area contributed by atoms with Gasteiger partial charge >= 0.3 is 0 Å². The van der Waals surface area contributed by atoms with Crippen molar-refractivity contribution >= 4 is 44.4 Å². The first-order valence-corrected chi connectivity index (χ1v) is 6.30. The Balaban J connectivity index is 2.01. The Hall–Kier alpha value is -2.08. The second-order valence-corrected chi connectivity index (χ2v) is 4.82. The third kappa shape index (κ3) is 2.26. The monoisotopic (exact) mass is 321 g/mol. The average molecular weight is 322 g/mol. The molecule has 3 aromatic rings. The third-order valence-corrected chi connectivity index (χ3v) is 3.27. The number of oxazole rings is 1. The molecule has 0 aliphatic carbocycles. The highest BCUT2D eigenvalue weighted by Crippen LogP contribution is 2.30. The summed E-state index contributed by atoms with van der Waals surface area (Å²) in [6, 6.07) is 10.1. The summed E-state index contributed by atoms with van der Waals surface area (Å²) in [5.41, 5.74) is 7.73. The molecule has 0 aliphatic heterocycles. The van der Waals surface area contributed by atoms with Gasteiger partial charge in [-0.05, 0) is 40.2 Å². The number of nitrogens with one attached hydrogen (secondary N) is 1. The summed E-state index contributed by atoms with van der Waals surface area (Å²) in [5.74, 6) is -0.392. The zero-order valence-electron chi connectivity index (χ0n) is 9.65. The van der Waals surface area contributed by atoms with Crippen molar-refractivity contribution in [2.75, 3.05) is 11.1 Å². The minimum absolute atomic E-state index is 0.214. The number of halogens is 2. The lowest BCUT2D eigenvalue weighted by Gasteiger charge is -2.05. The van der Waals surface area contributed by atoms with E-state index in [-0.39, 0.29) is 11.7 Å². The first-order chi connectivity index (χ1) is 9.13. The lowest BCUT2D eigenvalue weighted by Crippen LogP contribution is -1.94. The molecule has 0 saturated carbocycles. The van der Waals surface area contributed by atoms with Gasteiger partial charge in [0.2, 0.25) is 0 Å². The SMILES string of the molecule is Nc1ccc2nc(Nc3c(F)cccc3Br)oc2c1. The summed E-state index contributed by atoms with van der Waals surface area (Å²) in [6.45, 7) is 0. The Bertz CT molecular complexity index is 736. The van der Waals surface area contributed by atoms with E-state index in [2.05, 4.69) is 26.2 Å². The van der Waals surface area contributed by atoms with E-state index in [9.17, 15) is 4.39 Å². The topological polar surface area (TPSA) is 64.1 Å². The smallest absolute Gasteiger partial charge is 0.300 e. The molecule has 0 fully saturated rings. The summed E-state index contributed by atoms with van der Waals surface area (Å²) in [6.07, 6.45) is 0. The first kappa shape index (κ1) is 12.0. The quantitative estimate of drug-likeness (QED) is 0.699. The number of anilines is 3. The van der Waals surface area contributed by atoms with Gasteiger partial charge in [-0.3, -0.25) is 0 Å². The van der Waals surface area contributed by atoms with Gasteiger partial charge in [0, 0.05) is 16.2 Å². The zero-order valence-corrected chi connectivity index (χ0v) is 11.2. The van der Waals surface area contributed by atoms with Gasteiger partial charge in [0.25, 0.3) is 6.01 Å². The van der Waals surface area contributed by atoms with E-state index in [1.165, 1.54) is 6.07 Å². The molecule has 0 bridgehead atoms. The molecule has 0 radical (unpaired) electrons. The number of fused-ring (bicyclic) bond motifs is 1. The molecule has 96 valence electrons. The molecular formula is C13H9BrFN3O. The fraction of sp³-hybridized carbons (Fsp3) is 0. The third-order valence-electron chi connectivity index (χ3n) is 2.61. The Kier molecular flexibility index (Phi) is 2.87. The van der Waals surface area contributed by atoms with Crippen LogP contribution in [0.3, 0.4) is 0 Å².